The van der Waals surface area contributed by atoms with Gasteiger partial charge >= 0.3 is 5.97 Å². The molecule has 0 unspecified atom stereocenters. The lowest BCUT2D eigenvalue weighted by Crippen LogP contribution is -2.14. The molecule has 0 fully saturated rings. The zero-order valence-electron chi connectivity index (χ0n) is 12.3. The van der Waals surface area contributed by atoms with Crippen molar-refractivity contribution in [1.29, 1.82) is 0 Å². The average Bonchev–Trinajstić information content (AvgIpc) is 2.47. The van der Waals surface area contributed by atoms with E-state index in [0.29, 0.717) is 46.2 Å². The van der Waals surface area contributed by atoms with Gasteiger partial charge in [-0.15, -0.1) is 0 Å². The van der Waals surface area contributed by atoms with Gasteiger partial charge < -0.3 is 23.7 Å². The van der Waals surface area contributed by atoms with Crippen molar-refractivity contribution < 1.29 is 28.5 Å². The van der Waals surface area contributed by atoms with Crippen LogP contribution in [0.4, 0.5) is 0 Å². The molecule has 0 rings (SSSR count). The highest BCUT2D eigenvalue weighted by atomic mass is 16.6. The summed E-state index contributed by atoms with van der Waals surface area (Å²) in [4.78, 5) is 10.7. The highest BCUT2D eigenvalue weighted by Gasteiger charge is 1.95. The molecule has 0 atom stereocenters. The Labute approximate surface area is 121 Å². The molecule has 0 bridgehead atoms. The van der Waals surface area contributed by atoms with Crippen molar-refractivity contribution in [2.75, 3.05) is 59.5 Å². The molecular weight excluding hydrogens is 264 g/mol. The standard InChI is InChI=1S/C14H26O6/c1-3-5-16-6-7-17-8-9-18-10-11-19-12-13-20-14(15)4-2/h4H,2-3,5-13H2,1H3. The van der Waals surface area contributed by atoms with Crippen LogP contribution in [0, 0.1) is 0 Å². The molecular formula is C14H26O6. The second-order valence-electron chi connectivity index (χ2n) is 3.82. The summed E-state index contributed by atoms with van der Waals surface area (Å²) in [5.41, 5.74) is 0. The summed E-state index contributed by atoms with van der Waals surface area (Å²) in [6, 6.07) is 0. The van der Waals surface area contributed by atoms with Crippen LogP contribution in [-0.4, -0.2) is 65.4 Å². The van der Waals surface area contributed by atoms with Crippen LogP contribution in [0.1, 0.15) is 13.3 Å². The molecule has 0 aliphatic carbocycles. The number of esters is 1. The molecule has 0 saturated heterocycles. The zero-order chi connectivity index (χ0) is 14.9. The molecule has 0 aliphatic heterocycles. The molecule has 6 nitrogen and oxygen atoms in total. The molecule has 0 N–H and O–H groups in total. The second-order valence-corrected chi connectivity index (χ2v) is 3.82. The Morgan fingerprint density at radius 2 is 1.20 bits per heavy atom. The van der Waals surface area contributed by atoms with Gasteiger partial charge in [0.15, 0.2) is 0 Å². The molecule has 20 heavy (non-hydrogen) atoms. The van der Waals surface area contributed by atoms with Gasteiger partial charge in [0.2, 0.25) is 0 Å². The van der Waals surface area contributed by atoms with E-state index in [1.54, 1.807) is 0 Å². The van der Waals surface area contributed by atoms with Crippen LogP contribution >= 0.6 is 0 Å². The molecule has 0 aromatic heterocycles. The van der Waals surface area contributed by atoms with Gasteiger partial charge in [0.1, 0.15) is 6.61 Å². The summed E-state index contributed by atoms with van der Waals surface area (Å²) >= 11 is 0. The minimum absolute atomic E-state index is 0.228. The first-order valence-electron chi connectivity index (χ1n) is 6.91. The lowest BCUT2D eigenvalue weighted by Gasteiger charge is -2.07. The van der Waals surface area contributed by atoms with E-state index in [2.05, 4.69) is 13.5 Å². The van der Waals surface area contributed by atoms with E-state index in [4.69, 9.17) is 23.7 Å². The summed E-state index contributed by atoms with van der Waals surface area (Å²) in [5.74, 6) is -0.440. The molecule has 0 saturated carbocycles. The van der Waals surface area contributed by atoms with Crippen molar-refractivity contribution in [2.24, 2.45) is 0 Å². The molecule has 6 heteroatoms. The van der Waals surface area contributed by atoms with Gasteiger partial charge in [-0.1, -0.05) is 13.5 Å². The largest absolute Gasteiger partial charge is 0.460 e. The fourth-order valence-electron chi connectivity index (χ4n) is 1.17. The van der Waals surface area contributed by atoms with E-state index in [9.17, 15) is 4.79 Å². The monoisotopic (exact) mass is 290 g/mol. The zero-order valence-corrected chi connectivity index (χ0v) is 12.3. The summed E-state index contributed by atoms with van der Waals surface area (Å²) in [5, 5.41) is 0. The van der Waals surface area contributed by atoms with Crippen molar-refractivity contribution in [2.45, 2.75) is 13.3 Å². The van der Waals surface area contributed by atoms with Crippen LogP contribution < -0.4 is 0 Å². The topological polar surface area (TPSA) is 63.2 Å². The number of carbonyl (C=O) groups is 1. The quantitative estimate of drug-likeness (QED) is 0.256. The highest BCUT2D eigenvalue weighted by molar-refractivity contribution is 5.81. The lowest BCUT2D eigenvalue weighted by atomic mass is 10.5. The number of rotatable bonds is 15. The Morgan fingerprint density at radius 3 is 1.60 bits per heavy atom. The molecule has 0 heterocycles. The van der Waals surface area contributed by atoms with Gasteiger partial charge in [0.25, 0.3) is 0 Å². The van der Waals surface area contributed by atoms with Crippen LogP contribution in [0.25, 0.3) is 0 Å². The molecule has 0 aromatic rings. The summed E-state index contributed by atoms with van der Waals surface area (Å²) in [7, 11) is 0. The predicted octanol–water partition coefficient (Wildman–Crippen LogP) is 1.19. The molecule has 118 valence electrons. The van der Waals surface area contributed by atoms with Crippen molar-refractivity contribution in [3.05, 3.63) is 12.7 Å². The predicted molar refractivity (Wildman–Crippen MR) is 74.7 cm³/mol. The van der Waals surface area contributed by atoms with Gasteiger partial charge in [0.05, 0.1) is 46.2 Å². The van der Waals surface area contributed by atoms with Crippen LogP contribution in [0.15, 0.2) is 12.7 Å². The Hall–Kier alpha value is -0.950. The maximum atomic E-state index is 10.7. The minimum atomic E-state index is -0.440. The van der Waals surface area contributed by atoms with E-state index < -0.39 is 5.97 Å². The molecule has 0 radical (unpaired) electrons. The van der Waals surface area contributed by atoms with E-state index in [0.717, 1.165) is 19.1 Å². The summed E-state index contributed by atoms with van der Waals surface area (Å²) in [6.07, 6.45) is 2.15. The van der Waals surface area contributed by atoms with Gasteiger partial charge in [-0.2, -0.15) is 0 Å². The third-order valence-corrected chi connectivity index (χ3v) is 2.10. The fourth-order valence-corrected chi connectivity index (χ4v) is 1.17. The Bertz CT molecular complexity index is 232. The average molecular weight is 290 g/mol. The van der Waals surface area contributed by atoms with Crippen LogP contribution in [0.5, 0.6) is 0 Å². The fraction of sp³-hybridized carbons (Fsp3) is 0.786. The first kappa shape index (κ1) is 19.1. The van der Waals surface area contributed by atoms with Crippen molar-refractivity contribution >= 4 is 5.97 Å². The number of hydrogen-bond acceptors (Lipinski definition) is 6. The second kappa shape index (κ2) is 16.1. The van der Waals surface area contributed by atoms with E-state index in [-0.39, 0.29) is 6.61 Å². The molecule has 0 spiro atoms. The first-order chi connectivity index (χ1) is 9.81. The van der Waals surface area contributed by atoms with Crippen LogP contribution in [0.2, 0.25) is 0 Å². The van der Waals surface area contributed by atoms with Gasteiger partial charge in [0, 0.05) is 12.7 Å². The minimum Gasteiger partial charge on any atom is -0.460 e. The van der Waals surface area contributed by atoms with Crippen LogP contribution in [0.3, 0.4) is 0 Å². The van der Waals surface area contributed by atoms with E-state index in [1.807, 2.05) is 0 Å². The lowest BCUT2D eigenvalue weighted by molar-refractivity contribution is -0.139. The number of hydrogen-bond donors (Lipinski definition) is 0. The third-order valence-electron chi connectivity index (χ3n) is 2.10. The normalized spacial score (nSPS) is 10.4. The van der Waals surface area contributed by atoms with Crippen molar-refractivity contribution in [3.8, 4) is 0 Å². The van der Waals surface area contributed by atoms with Crippen LogP contribution in [-0.2, 0) is 28.5 Å². The Kier molecular flexibility index (Phi) is 15.3. The smallest absolute Gasteiger partial charge is 0.330 e. The SMILES string of the molecule is C=CC(=O)OCCOCCOCCOCCOCCC. The Morgan fingerprint density at radius 1 is 0.800 bits per heavy atom. The van der Waals surface area contributed by atoms with Gasteiger partial charge in [-0.3, -0.25) is 0 Å². The molecule has 0 amide bonds. The van der Waals surface area contributed by atoms with E-state index >= 15 is 0 Å². The molecule has 0 aliphatic rings. The molecule has 0 aromatic carbocycles. The van der Waals surface area contributed by atoms with Crippen molar-refractivity contribution in [3.63, 3.8) is 0 Å². The van der Waals surface area contributed by atoms with Gasteiger partial charge in [-0.25, -0.2) is 4.79 Å². The van der Waals surface area contributed by atoms with Crippen molar-refractivity contribution in [1.82, 2.24) is 0 Å². The Balaban J connectivity index is 2.99. The summed E-state index contributed by atoms with van der Waals surface area (Å²) < 4.78 is 25.8. The first-order valence-corrected chi connectivity index (χ1v) is 6.91. The number of ether oxygens (including phenoxy) is 5. The maximum absolute atomic E-state index is 10.7. The van der Waals surface area contributed by atoms with E-state index in [1.165, 1.54) is 0 Å². The highest BCUT2D eigenvalue weighted by Crippen LogP contribution is 1.85. The summed E-state index contributed by atoms with van der Waals surface area (Å²) in [6.45, 7) is 9.97. The van der Waals surface area contributed by atoms with Gasteiger partial charge in [-0.05, 0) is 6.42 Å². The number of carbonyl (C=O) groups excluding carboxylic acids is 1. The maximum Gasteiger partial charge on any atom is 0.330 e. The third kappa shape index (κ3) is 15.1.